The van der Waals surface area contributed by atoms with E-state index >= 15 is 0 Å². The quantitative estimate of drug-likeness (QED) is 0.541. The lowest BCUT2D eigenvalue weighted by molar-refractivity contribution is 0.0974. The third kappa shape index (κ3) is 1.64. The first-order valence-electron chi connectivity index (χ1n) is 4.54. The highest BCUT2D eigenvalue weighted by Crippen LogP contribution is 2.13. The lowest BCUT2D eigenvalue weighted by atomic mass is 10.1. The van der Waals surface area contributed by atoms with Crippen molar-refractivity contribution in [2.45, 2.75) is 0 Å². The van der Waals surface area contributed by atoms with Gasteiger partial charge in [0.05, 0.1) is 5.56 Å². The van der Waals surface area contributed by atoms with E-state index in [4.69, 9.17) is 5.26 Å². The van der Waals surface area contributed by atoms with Crippen LogP contribution in [-0.2, 0) is 0 Å². The molecular weight excluding hydrogens is 206 g/mol. The zero-order chi connectivity index (χ0) is 11.5. The predicted octanol–water partition coefficient (Wildman–Crippen LogP) is 0.739. The molecule has 5 nitrogen and oxygen atoms in total. The fourth-order valence-corrected chi connectivity index (χ4v) is 1.51. The fourth-order valence-electron chi connectivity index (χ4n) is 1.51. The molecule has 0 unspecified atom stereocenters. The fraction of sp³-hybridized carbons (Fsp3) is 0. The number of nitrogens with one attached hydrogen (secondary N) is 2. The Morgan fingerprint density at radius 2 is 2.12 bits per heavy atom. The first-order valence-corrected chi connectivity index (χ1v) is 4.54. The van der Waals surface area contributed by atoms with Crippen LogP contribution >= 0.6 is 0 Å². The third-order valence-corrected chi connectivity index (χ3v) is 2.16. The number of aromatic nitrogens is 1. The van der Waals surface area contributed by atoms with Crippen LogP contribution < -0.4 is 10.9 Å². The minimum atomic E-state index is -0.579. The zero-order valence-corrected chi connectivity index (χ0v) is 8.15. The molecule has 0 fully saturated rings. The molecule has 1 aromatic heterocycles. The summed E-state index contributed by atoms with van der Waals surface area (Å²) in [4.78, 5) is 25.4. The van der Waals surface area contributed by atoms with Crippen molar-refractivity contribution in [3.8, 4) is 6.19 Å². The molecule has 0 saturated heterocycles. The highest BCUT2D eigenvalue weighted by atomic mass is 16.2. The summed E-state index contributed by atoms with van der Waals surface area (Å²) in [6, 6.07) is 8.08. The molecule has 1 aromatic carbocycles. The molecule has 0 atom stereocenters. The maximum absolute atomic E-state index is 11.5. The van der Waals surface area contributed by atoms with Crippen LogP contribution in [0.15, 0.2) is 35.1 Å². The van der Waals surface area contributed by atoms with E-state index in [0.717, 1.165) is 0 Å². The second-order valence-corrected chi connectivity index (χ2v) is 3.16. The van der Waals surface area contributed by atoms with Crippen LogP contribution in [0, 0.1) is 11.5 Å². The van der Waals surface area contributed by atoms with Crippen LogP contribution in [0.5, 0.6) is 0 Å². The number of nitriles is 1. The lowest BCUT2D eigenvalue weighted by Gasteiger charge is -2.02. The summed E-state index contributed by atoms with van der Waals surface area (Å²) < 4.78 is 0. The highest BCUT2D eigenvalue weighted by molar-refractivity contribution is 6.06. The monoisotopic (exact) mass is 213 g/mol. The van der Waals surface area contributed by atoms with Gasteiger partial charge in [-0.25, -0.2) is 0 Å². The molecule has 0 aliphatic carbocycles. The second kappa shape index (κ2) is 3.87. The molecule has 2 rings (SSSR count). The Kier molecular flexibility index (Phi) is 2.40. The molecule has 16 heavy (non-hydrogen) atoms. The number of rotatable bonds is 1. The summed E-state index contributed by atoms with van der Waals surface area (Å²) in [5.41, 5.74) is 0.390. The van der Waals surface area contributed by atoms with Crippen molar-refractivity contribution in [1.29, 1.82) is 5.26 Å². The van der Waals surface area contributed by atoms with Crippen molar-refractivity contribution in [3.05, 3.63) is 46.2 Å². The van der Waals surface area contributed by atoms with E-state index < -0.39 is 5.91 Å². The van der Waals surface area contributed by atoms with Crippen LogP contribution in [-0.4, -0.2) is 10.9 Å². The van der Waals surface area contributed by atoms with Gasteiger partial charge in [-0.1, -0.05) is 18.2 Å². The molecule has 5 heteroatoms. The number of para-hydroxylation sites is 1. The second-order valence-electron chi connectivity index (χ2n) is 3.16. The Balaban J connectivity index is 2.73. The van der Waals surface area contributed by atoms with Gasteiger partial charge in [0.25, 0.3) is 5.91 Å². The van der Waals surface area contributed by atoms with Crippen molar-refractivity contribution in [2.75, 3.05) is 0 Å². The van der Waals surface area contributed by atoms with Crippen LogP contribution in [0.4, 0.5) is 0 Å². The van der Waals surface area contributed by atoms with E-state index in [-0.39, 0.29) is 11.1 Å². The van der Waals surface area contributed by atoms with Crippen molar-refractivity contribution < 1.29 is 4.79 Å². The summed E-state index contributed by atoms with van der Waals surface area (Å²) in [5, 5.41) is 11.0. The number of amides is 1. The van der Waals surface area contributed by atoms with Crippen molar-refractivity contribution in [2.24, 2.45) is 0 Å². The van der Waals surface area contributed by atoms with Crippen LogP contribution in [0.1, 0.15) is 10.4 Å². The Hall–Kier alpha value is -2.61. The largest absolute Gasteiger partial charge is 0.322 e. The Labute approximate surface area is 90.3 Å². The highest BCUT2D eigenvalue weighted by Gasteiger charge is 2.10. The van der Waals surface area contributed by atoms with Gasteiger partial charge in [-0.2, -0.15) is 5.26 Å². The number of hydrogen-bond acceptors (Lipinski definition) is 3. The van der Waals surface area contributed by atoms with Gasteiger partial charge < -0.3 is 4.98 Å². The number of pyridine rings is 1. The number of fused-ring (bicyclic) bond motifs is 1. The summed E-state index contributed by atoms with van der Waals surface area (Å²) in [6.07, 6.45) is 1.54. The number of hydrogen-bond donors (Lipinski definition) is 2. The van der Waals surface area contributed by atoms with Gasteiger partial charge in [0.2, 0.25) is 5.56 Å². The average Bonchev–Trinajstić information content (AvgIpc) is 2.28. The number of nitrogens with zero attached hydrogens (tertiary/aromatic N) is 1. The zero-order valence-electron chi connectivity index (χ0n) is 8.15. The van der Waals surface area contributed by atoms with E-state index in [1.807, 2.05) is 5.32 Å². The molecular formula is C11H7N3O2. The molecule has 1 amide bonds. The van der Waals surface area contributed by atoms with E-state index in [0.29, 0.717) is 10.9 Å². The first kappa shape index (κ1) is 9.93. The number of H-pyrrole nitrogens is 1. The van der Waals surface area contributed by atoms with Gasteiger partial charge in [-0.05, 0) is 6.07 Å². The van der Waals surface area contributed by atoms with Gasteiger partial charge in [-0.15, -0.1) is 0 Å². The molecule has 78 valence electrons. The minimum absolute atomic E-state index is 0.195. The molecule has 0 aliphatic heterocycles. The molecule has 0 bridgehead atoms. The number of benzene rings is 1. The van der Waals surface area contributed by atoms with E-state index in [1.165, 1.54) is 12.3 Å². The SMILES string of the molecule is N#CNC(=O)c1cc(=O)[nH]c2ccccc12. The maximum Gasteiger partial charge on any atom is 0.265 e. The predicted molar refractivity (Wildman–Crippen MR) is 57.6 cm³/mol. The Morgan fingerprint density at radius 1 is 1.38 bits per heavy atom. The Morgan fingerprint density at radius 3 is 2.88 bits per heavy atom. The van der Waals surface area contributed by atoms with E-state index in [9.17, 15) is 9.59 Å². The molecule has 0 saturated carbocycles. The van der Waals surface area contributed by atoms with Crippen molar-refractivity contribution in [1.82, 2.24) is 10.3 Å². The summed E-state index contributed by atoms with van der Waals surface area (Å²) in [5.74, 6) is -0.579. The number of carbonyl (C=O) groups is 1. The third-order valence-electron chi connectivity index (χ3n) is 2.16. The van der Waals surface area contributed by atoms with Crippen LogP contribution in [0.25, 0.3) is 10.9 Å². The van der Waals surface area contributed by atoms with Gasteiger partial charge in [0, 0.05) is 17.0 Å². The molecule has 0 spiro atoms. The van der Waals surface area contributed by atoms with Gasteiger partial charge in [0.1, 0.15) is 0 Å². The maximum atomic E-state index is 11.5. The first-order chi connectivity index (χ1) is 7.72. The van der Waals surface area contributed by atoms with Crippen molar-refractivity contribution in [3.63, 3.8) is 0 Å². The average molecular weight is 213 g/mol. The summed E-state index contributed by atoms with van der Waals surface area (Å²) >= 11 is 0. The van der Waals surface area contributed by atoms with Gasteiger partial charge >= 0.3 is 0 Å². The molecule has 2 aromatic rings. The van der Waals surface area contributed by atoms with Crippen LogP contribution in [0.2, 0.25) is 0 Å². The number of carbonyl (C=O) groups excluding carboxylic acids is 1. The standard InChI is InChI=1S/C11H7N3O2/c12-6-13-11(16)8-5-10(15)14-9-4-2-1-3-7(8)9/h1-5H,(H,13,16)(H,14,15). The molecule has 1 heterocycles. The molecule has 2 N–H and O–H groups in total. The smallest absolute Gasteiger partial charge is 0.265 e. The minimum Gasteiger partial charge on any atom is -0.322 e. The summed E-state index contributed by atoms with van der Waals surface area (Å²) in [7, 11) is 0. The van der Waals surface area contributed by atoms with Crippen LogP contribution in [0.3, 0.4) is 0 Å². The Bertz CT molecular complexity index is 652. The molecule has 0 aliphatic rings. The number of aromatic amines is 1. The van der Waals surface area contributed by atoms with Gasteiger partial charge in [0.15, 0.2) is 6.19 Å². The van der Waals surface area contributed by atoms with Gasteiger partial charge in [-0.3, -0.25) is 14.9 Å². The van der Waals surface area contributed by atoms with E-state index in [2.05, 4.69) is 4.98 Å². The normalized spacial score (nSPS) is 9.69. The van der Waals surface area contributed by atoms with E-state index in [1.54, 1.807) is 24.3 Å². The topological polar surface area (TPSA) is 85.8 Å². The molecule has 0 radical (unpaired) electrons. The van der Waals surface area contributed by atoms with Crippen molar-refractivity contribution >= 4 is 16.8 Å². The summed E-state index contributed by atoms with van der Waals surface area (Å²) in [6.45, 7) is 0. The lowest BCUT2D eigenvalue weighted by Crippen LogP contribution is -2.20.